The predicted octanol–water partition coefficient (Wildman–Crippen LogP) is 3.12. The van der Waals surface area contributed by atoms with E-state index >= 15 is 0 Å². The van der Waals surface area contributed by atoms with Crippen LogP contribution in [0, 0.1) is 5.92 Å². The van der Waals surface area contributed by atoms with Gasteiger partial charge in [-0.1, -0.05) is 18.2 Å². The average Bonchev–Trinajstić information content (AvgIpc) is 3.13. The second kappa shape index (κ2) is 6.59. The molecule has 2 aliphatic rings. The summed E-state index contributed by atoms with van der Waals surface area (Å²) in [5.74, 6) is 0.648. The molecule has 2 heterocycles. The second-order valence-corrected chi connectivity index (χ2v) is 6.20. The summed E-state index contributed by atoms with van der Waals surface area (Å²) in [7, 11) is 0. The molecule has 1 aromatic carbocycles. The van der Waals surface area contributed by atoms with Crippen LogP contribution in [-0.4, -0.2) is 37.2 Å². The van der Waals surface area contributed by atoms with Crippen molar-refractivity contribution in [3.8, 4) is 0 Å². The number of rotatable bonds is 5. The smallest absolute Gasteiger partial charge is 0.0514 e. The molecule has 3 heteroatoms. The maximum absolute atomic E-state index is 5.51. The summed E-state index contributed by atoms with van der Waals surface area (Å²) in [4.78, 5) is 2.56. The number of likely N-dealkylation sites (tertiary alicyclic amines) is 1. The molecule has 2 atom stereocenters. The molecule has 3 rings (SSSR count). The summed E-state index contributed by atoms with van der Waals surface area (Å²) in [6.45, 7) is 7.69. The first kappa shape index (κ1) is 13.9. The van der Waals surface area contributed by atoms with Crippen molar-refractivity contribution >= 4 is 5.69 Å². The number of nitrogens with one attached hydrogen (secondary N) is 1. The summed E-state index contributed by atoms with van der Waals surface area (Å²) in [6, 6.07) is 9.25. The van der Waals surface area contributed by atoms with E-state index in [4.69, 9.17) is 4.74 Å². The highest BCUT2D eigenvalue weighted by atomic mass is 16.5. The Balaban J connectivity index is 1.65. The lowest BCUT2D eigenvalue weighted by Crippen LogP contribution is -2.27. The van der Waals surface area contributed by atoms with Gasteiger partial charge < -0.3 is 10.1 Å². The van der Waals surface area contributed by atoms with Crippen molar-refractivity contribution in [1.29, 1.82) is 0 Å². The molecule has 0 spiro atoms. The molecule has 1 N–H and O–H groups in total. The second-order valence-electron chi connectivity index (χ2n) is 6.20. The first-order valence-electron chi connectivity index (χ1n) is 7.97. The van der Waals surface area contributed by atoms with Crippen LogP contribution in [0.1, 0.15) is 31.7 Å². The average molecular weight is 274 g/mol. The lowest BCUT2D eigenvalue weighted by Gasteiger charge is -2.24. The zero-order chi connectivity index (χ0) is 13.8. The Morgan fingerprint density at radius 1 is 1.30 bits per heavy atom. The van der Waals surface area contributed by atoms with Gasteiger partial charge in [-0.25, -0.2) is 0 Å². The Labute approximate surface area is 122 Å². The maximum atomic E-state index is 5.51. The minimum atomic E-state index is 0.484. The van der Waals surface area contributed by atoms with Crippen LogP contribution in [0.25, 0.3) is 0 Å². The topological polar surface area (TPSA) is 24.5 Å². The molecule has 0 aromatic heterocycles. The highest BCUT2D eigenvalue weighted by Gasteiger charge is 2.23. The Kier molecular flexibility index (Phi) is 4.58. The van der Waals surface area contributed by atoms with Crippen molar-refractivity contribution in [2.75, 3.05) is 31.6 Å². The van der Waals surface area contributed by atoms with Crippen LogP contribution in [0.3, 0.4) is 0 Å². The standard InChI is InChI=1S/C17H26N2O/c1-14(16-8-11-20-13-16)18-17-7-3-2-6-15(17)12-19-9-4-5-10-19/h2-3,6-7,14,16,18H,4-5,8-13H2,1H3. The first-order valence-corrected chi connectivity index (χ1v) is 7.97. The van der Waals surface area contributed by atoms with Gasteiger partial charge in [-0.2, -0.15) is 0 Å². The van der Waals surface area contributed by atoms with E-state index in [1.807, 2.05) is 0 Å². The molecular formula is C17H26N2O. The first-order chi connectivity index (χ1) is 9.83. The van der Waals surface area contributed by atoms with Crippen molar-refractivity contribution in [1.82, 2.24) is 4.90 Å². The van der Waals surface area contributed by atoms with Crippen LogP contribution in [-0.2, 0) is 11.3 Å². The fourth-order valence-electron chi connectivity index (χ4n) is 3.29. The molecule has 0 amide bonds. The van der Waals surface area contributed by atoms with Crippen LogP contribution in [0.5, 0.6) is 0 Å². The Morgan fingerprint density at radius 3 is 2.85 bits per heavy atom. The molecular weight excluding hydrogens is 248 g/mol. The van der Waals surface area contributed by atoms with Gasteiger partial charge in [0.2, 0.25) is 0 Å². The van der Waals surface area contributed by atoms with Crippen molar-refractivity contribution in [3.05, 3.63) is 29.8 Å². The lowest BCUT2D eigenvalue weighted by molar-refractivity contribution is 0.183. The zero-order valence-corrected chi connectivity index (χ0v) is 12.5. The van der Waals surface area contributed by atoms with Crippen molar-refractivity contribution in [2.45, 2.75) is 38.8 Å². The SMILES string of the molecule is CC(Nc1ccccc1CN1CCCC1)C1CCOC1. The largest absolute Gasteiger partial charge is 0.382 e. The molecule has 110 valence electrons. The third-order valence-corrected chi connectivity index (χ3v) is 4.67. The minimum absolute atomic E-state index is 0.484. The Bertz CT molecular complexity index is 423. The number of benzene rings is 1. The third-order valence-electron chi connectivity index (χ3n) is 4.67. The van der Waals surface area contributed by atoms with Crippen molar-refractivity contribution < 1.29 is 4.74 Å². The van der Waals surface area contributed by atoms with Crippen LogP contribution in [0.4, 0.5) is 5.69 Å². The molecule has 2 fully saturated rings. The van der Waals surface area contributed by atoms with Crippen molar-refractivity contribution in [2.24, 2.45) is 5.92 Å². The van der Waals surface area contributed by atoms with Gasteiger partial charge in [0.15, 0.2) is 0 Å². The normalized spacial score (nSPS) is 24.9. The van der Waals surface area contributed by atoms with Gasteiger partial charge in [0.05, 0.1) is 6.61 Å². The van der Waals surface area contributed by atoms with Gasteiger partial charge in [-0.15, -0.1) is 0 Å². The fourth-order valence-corrected chi connectivity index (χ4v) is 3.29. The Hall–Kier alpha value is -1.06. The summed E-state index contributed by atoms with van der Waals surface area (Å²) in [6.07, 6.45) is 3.89. The van der Waals surface area contributed by atoms with Gasteiger partial charge >= 0.3 is 0 Å². The Morgan fingerprint density at radius 2 is 2.10 bits per heavy atom. The van der Waals surface area contributed by atoms with Crippen molar-refractivity contribution in [3.63, 3.8) is 0 Å². The monoisotopic (exact) mass is 274 g/mol. The lowest BCUT2D eigenvalue weighted by atomic mass is 10.00. The van der Waals surface area contributed by atoms with E-state index in [0.717, 1.165) is 19.8 Å². The maximum Gasteiger partial charge on any atom is 0.0514 e. The van der Waals surface area contributed by atoms with Gasteiger partial charge in [0.25, 0.3) is 0 Å². The molecule has 0 radical (unpaired) electrons. The zero-order valence-electron chi connectivity index (χ0n) is 12.5. The highest BCUT2D eigenvalue weighted by Crippen LogP contribution is 2.24. The molecule has 0 aliphatic carbocycles. The number of para-hydroxylation sites is 1. The summed E-state index contributed by atoms with van der Waals surface area (Å²) in [5, 5.41) is 3.72. The number of nitrogens with zero attached hydrogens (tertiary/aromatic N) is 1. The van der Waals surface area contributed by atoms with E-state index in [2.05, 4.69) is 41.4 Å². The summed E-state index contributed by atoms with van der Waals surface area (Å²) >= 11 is 0. The molecule has 1 aromatic rings. The predicted molar refractivity (Wildman–Crippen MR) is 83.0 cm³/mol. The number of hydrogen-bond donors (Lipinski definition) is 1. The van der Waals surface area contributed by atoms with E-state index in [1.165, 1.54) is 43.6 Å². The van der Waals surface area contributed by atoms with E-state index in [0.29, 0.717) is 12.0 Å². The van der Waals surface area contributed by atoms with Crippen LogP contribution >= 0.6 is 0 Å². The number of anilines is 1. The highest BCUT2D eigenvalue weighted by molar-refractivity contribution is 5.51. The third kappa shape index (κ3) is 3.33. The van der Waals surface area contributed by atoms with Crippen LogP contribution in [0.2, 0.25) is 0 Å². The minimum Gasteiger partial charge on any atom is -0.382 e. The number of ether oxygens (including phenoxy) is 1. The van der Waals surface area contributed by atoms with E-state index in [9.17, 15) is 0 Å². The van der Waals surface area contributed by atoms with E-state index in [-0.39, 0.29) is 0 Å². The quantitative estimate of drug-likeness (QED) is 0.893. The molecule has 2 saturated heterocycles. The molecule has 0 saturated carbocycles. The molecule has 2 unspecified atom stereocenters. The van der Waals surface area contributed by atoms with Gasteiger partial charge in [-0.3, -0.25) is 4.90 Å². The van der Waals surface area contributed by atoms with Gasteiger partial charge in [0, 0.05) is 30.8 Å². The van der Waals surface area contributed by atoms with E-state index in [1.54, 1.807) is 0 Å². The molecule has 3 nitrogen and oxygen atoms in total. The number of hydrogen-bond acceptors (Lipinski definition) is 3. The van der Waals surface area contributed by atoms with E-state index < -0.39 is 0 Å². The summed E-state index contributed by atoms with van der Waals surface area (Å²) in [5.41, 5.74) is 2.74. The van der Waals surface area contributed by atoms with Gasteiger partial charge in [-0.05, 0) is 50.9 Å². The molecule has 0 bridgehead atoms. The van der Waals surface area contributed by atoms with Crippen LogP contribution < -0.4 is 5.32 Å². The van der Waals surface area contributed by atoms with Gasteiger partial charge in [0.1, 0.15) is 0 Å². The fraction of sp³-hybridized carbons (Fsp3) is 0.647. The molecule has 20 heavy (non-hydrogen) atoms. The molecule has 2 aliphatic heterocycles. The summed E-state index contributed by atoms with van der Waals surface area (Å²) < 4.78 is 5.51. The van der Waals surface area contributed by atoms with Crippen LogP contribution in [0.15, 0.2) is 24.3 Å².